The Morgan fingerprint density at radius 3 is 2.78 bits per heavy atom. The van der Waals surface area contributed by atoms with Gasteiger partial charge in [0.2, 0.25) is 5.95 Å². The van der Waals surface area contributed by atoms with Crippen molar-refractivity contribution in [3.63, 3.8) is 0 Å². The zero-order chi connectivity index (χ0) is 16.7. The molecule has 0 spiro atoms. The van der Waals surface area contributed by atoms with Gasteiger partial charge in [0, 0.05) is 12.2 Å². The highest BCUT2D eigenvalue weighted by molar-refractivity contribution is 5.35. The van der Waals surface area contributed by atoms with Crippen LogP contribution in [0.3, 0.4) is 0 Å². The van der Waals surface area contributed by atoms with Crippen LogP contribution in [0.1, 0.15) is 29.9 Å². The summed E-state index contributed by atoms with van der Waals surface area (Å²) in [6.07, 6.45) is -2.13. The van der Waals surface area contributed by atoms with E-state index in [1.165, 1.54) is 13.1 Å². The van der Waals surface area contributed by atoms with Gasteiger partial charge < -0.3 is 10.0 Å². The SMILES string of the molecule is Cc1cc(C(F)(F)F)nc(N2CCC[C@@](O)(c3cn[nH]n3)C2)n1. The molecule has 0 aliphatic carbocycles. The van der Waals surface area contributed by atoms with Crippen LogP contribution in [0.15, 0.2) is 12.3 Å². The van der Waals surface area contributed by atoms with E-state index in [0.29, 0.717) is 25.1 Å². The summed E-state index contributed by atoms with van der Waals surface area (Å²) in [5.41, 5.74) is -1.71. The van der Waals surface area contributed by atoms with Gasteiger partial charge in [-0.05, 0) is 25.8 Å². The molecule has 3 heterocycles. The normalized spacial score (nSPS) is 22.4. The summed E-state index contributed by atoms with van der Waals surface area (Å²) in [6.45, 7) is 2.00. The topological polar surface area (TPSA) is 90.8 Å². The number of aliphatic hydroxyl groups is 1. The number of aromatic amines is 1. The van der Waals surface area contributed by atoms with Crippen LogP contribution in [0.5, 0.6) is 0 Å². The minimum Gasteiger partial charge on any atom is -0.382 e. The highest BCUT2D eigenvalue weighted by Crippen LogP contribution is 2.33. The van der Waals surface area contributed by atoms with Crippen LogP contribution in [-0.2, 0) is 11.8 Å². The van der Waals surface area contributed by atoms with Crippen molar-refractivity contribution in [3.05, 3.63) is 29.3 Å². The van der Waals surface area contributed by atoms with E-state index in [0.717, 1.165) is 6.07 Å². The zero-order valence-electron chi connectivity index (χ0n) is 12.3. The number of halogens is 3. The van der Waals surface area contributed by atoms with E-state index in [9.17, 15) is 18.3 Å². The molecule has 1 atom stereocenters. The first-order valence-corrected chi connectivity index (χ1v) is 7.04. The van der Waals surface area contributed by atoms with E-state index < -0.39 is 17.5 Å². The third kappa shape index (κ3) is 3.11. The number of aryl methyl sites for hydroxylation is 1. The average Bonchev–Trinajstić information content (AvgIpc) is 3.01. The smallest absolute Gasteiger partial charge is 0.382 e. The predicted molar refractivity (Wildman–Crippen MR) is 73.5 cm³/mol. The Morgan fingerprint density at radius 2 is 2.13 bits per heavy atom. The number of hydrogen-bond donors (Lipinski definition) is 2. The molecule has 124 valence electrons. The van der Waals surface area contributed by atoms with Crippen molar-refractivity contribution in [3.8, 4) is 0 Å². The molecule has 2 N–H and O–H groups in total. The van der Waals surface area contributed by atoms with Gasteiger partial charge in [-0.1, -0.05) is 0 Å². The minimum atomic E-state index is -4.54. The van der Waals surface area contributed by atoms with Crippen LogP contribution >= 0.6 is 0 Å². The van der Waals surface area contributed by atoms with Gasteiger partial charge >= 0.3 is 6.18 Å². The Bertz CT molecular complexity index is 690. The lowest BCUT2D eigenvalue weighted by Crippen LogP contribution is -2.47. The standard InChI is InChI=1S/C13H15F3N6O/c1-8-5-9(13(14,15)16)19-11(18-8)22-4-2-3-12(23,7-22)10-6-17-21-20-10/h5-6,23H,2-4,7H2,1H3,(H,17,20,21)/t12-/m0/s1. The number of aromatic nitrogens is 5. The maximum absolute atomic E-state index is 12.9. The number of H-pyrrole nitrogens is 1. The van der Waals surface area contributed by atoms with Gasteiger partial charge in [-0.3, -0.25) is 0 Å². The summed E-state index contributed by atoms with van der Waals surface area (Å²) < 4.78 is 38.7. The molecule has 3 rings (SSSR count). The van der Waals surface area contributed by atoms with Gasteiger partial charge in [0.25, 0.3) is 0 Å². The number of anilines is 1. The number of nitrogens with zero attached hydrogens (tertiary/aromatic N) is 5. The van der Waals surface area contributed by atoms with Crippen molar-refractivity contribution in [1.29, 1.82) is 0 Å². The van der Waals surface area contributed by atoms with Crippen LogP contribution < -0.4 is 4.90 Å². The summed E-state index contributed by atoms with van der Waals surface area (Å²) in [6, 6.07) is 0.900. The number of hydrogen-bond acceptors (Lipinski definition) is 6. The van der Waals surface area contributed by atoms with E-state index in [1.807, 2.05) is 0 Å². The van der Waals surface area contributed by atoms with Crippen LogP contribution in [0, 0.1) is 6.92 Å². The second-order valence-electron chi connectivity index (χ2n) is 5.60. The van der Waals surface area contributed by atoms with E-state index in [1.54, 1.807) is 4.90 Å². The number of rotatable bonds is 2. The van der Waals surface area contributed by atoms with Crippen molar-refractivity contribution in [2.24, 2.45) is 0 Å². The molecular weight excluding hydrogens is 313 g/mol. The molecule has 0 saturated carbocycles. The van der Waals surface area contributed by atoms with E-state index in [4.69, 9.17) is 0 Å². The fourth-order valence-electron chi connectivity index (χ4n) is 2.68. The van der Waals surface area contributed by atoms with Crippen LogP contribution in [0.25, 0.3) is 0 Å². The highest BCUT2D eigenvalue weighted by atomic mass is 19.4. The quantitative estimate of drug-likeness (QED) is 0.866. The Labute approximate surface area is 129 Å². The Kier molecular flexibility index (Phi) is 3.71. The van der Waals surface area contributed by atoms with Gasteiger partial charge in [0.1, 0.15) is 17.0 Å². The van der Waals surface area contributed by atoms with Crippen molar-refractivity contribution >= 4 is 5.95 Å². The molecule has 7 nitrogen and oxygen atoms in total. The fourth-order valence-corrected chi connectivity index (χ4v) is 2.68. The molecule has 23 heavy (non-hydrogen) atoms. The second-order valence-corrected chi connectivity index (χ2v) is 5.60. The van der Waals surface area contributed by atoms with E-state index >= 15 is 0 Å². The Balaban J connectivity index is 1.91. The Hall–Kier alpha value is -2.23. The molecule has 0 aromatic carbocycles. The summed E-state index contributed by atoms with van der Waals surface area (Å²) in [5.74, 6) is -0.0426. The van der Waals surface area contributed by atoms with Crippen molar-refractivity contribution in [1.82, 2.24) is 25.4 Å². The predicted octanol–water partition coefficient (Wildman–Crippen LogP) is 1.41. The van der Waals surface area contributed by atoms with Gasteiger partial charge in [0.05, 0.1) is 12.7 Å². The molecule has 0 unspecified atom stereocenters. The third-order valence-corrected chi connectivity index (χ3v) is 3.78. The highest BCUT2D eigenvalue weighted by Gasteiger charge is 2.39. The first kappa shape index (κ1) is 15.7. The molecule has 1 aliphatic rings. The lowest BCUT2D eigenvalue weighted by Gasteiger charge is -2.38. The summed E-state index contributed by atoms with van der Waals surface area (Å²) in [4.78, 5) is 9.23. The summed E-state index contributed by atoms with van der Waals surface area (Å²) in [5, 5.41) is 20.7. The van der Waals surface area contributed by atoms with Gasteiger partial charge in [-0.15, -0.1) is 0 Å². The Morgan fingerprint density at radius 1 is 1.35 bits per heavy atom. The molecule has 0 radical (unpaired) electrons. The van der Waals surface area contributed by atoms with Gasteiger partial charge in [0.15, 0.2) is 0 Å². The van der Waals surface area contributed by atoms with Crippen LogP contribution in [0.2, 0.25) is 0 Å². The lowest BCUT2D eigenvalue weighted by molar-refractivity contribution is -0.141. The number of alkyl halides is 3. The molecule has 10 heteroatoms. The molecule has 1 fully saturated rings. The summed E-state index contributed by atoms with van der Waals surface area (Å²) in [7, 11) is 0. The number of nitrogens with one attached hydrogen (secondary N) is 1. The van der Waals surface area contributed by atoms with Crippen LogP contribution in [-0.4, -0.2) is 43.6 Å². The molecular formula is C13H15F3N6O. The third-order valence-electron chi connectivity index (χ3n) is 3.78. The van der Waals surface area contributed by atoms with Crippen molar-refractivity contribution in [2.45, 2.75) is 31.5 Å². The largest absolute Gasteiger partial charge is 0.433 e. The van der Waals surface area contributed by atoms with Crippen molar-refractivity contribution < 1.29 is 18.3 Å². The first-order valence-electron chi connectivity index (χ1n) is 7.04. The second kappa shape index (κ2) is 5.44. The van der Waals surface area contributed by atoms with Crippen molar-refractivity contribution in [2.75, 3.05) is 18.0 Å². The van der Waals surface area contributed by atoms with E-state index in [-0.39, 0.29) is 18.2 Å². The zero-order valence-corrected chi connectivity index (χ0v) is 12.3. The fraction of sp³-hybridized carbons (Fsp3) is 0.538. The lowest BCUT2D eigenvalue weighted by atomic mass is 9.90. The van der Waals surface area contributed by atoms with Crippen LogP contribution in [0.4, 0.5) is 19.1 Å². The molecule has 2 aromatic heterocycles. The van der Waals surface area contributed by atoms with Gasteiger partial charge in [-0.2, -0.15) is 28.6 Å². The molecule has 0 amide bonds. The maximum Gasteiger partial charge on any atom is 0.433 e. The number of β-amino-alcohol motifs (C(OH)–C–C–N with tert-alkyl or cyclic N) is 1. The maximum atomic E-state index is 12.9. The molecule has 1 saturated heterocycles. The molecule has 1 aliphatic heterocycles. The monoisotopic (exact) mass is 328 g/mol. The van der Waals surface area contributed by atoms with E-state index in [2.05, 4.69) is 25.4 Å². The average molecular weight is 328 g/mol. The van der Waals surface area contributed by atoms with Gasteiger partial charge in [-0.25, -0.2) is 9.97 Å². The number of piperidine rings is 1. The minimum absolute atomic E-state index is 0.0426. The first-order chi connectivity index (χ1) is 10.8. The molecule has 2 aromatic rings. The molecule has 0 bridgehead atoms. The summed E-state index contributed by atoms with van der Waals surface area (Å²) >= 11 is 0.